The molecular weight excluding hydrogens is 312 g/mol. The van der Waals surface area contributed by atoms with Crippen LogP contribution in [-0.2, 0) is 23.7 Å². The Kier molecular flexibility index (Phi) is 7.22. The molecule has 6 heteroatoms. The third kappa shape index (κ3) is 6.16. The highest BCUT2D eigenvalue weighted by molar-refractivity contribution is 5.81. The molecule has 138 valence electrons. The van der Waals surface area contributed by atoms with Gasteiger partial charge in [0.15, 0.2) is 0 Å². The quantitative estimate of drug-likeness (QED) is 0.283. The summed E-state index contributed by atoms with van der Waals surface area (Å²) in [5.41, 5.74) is 0. The predicted molar refractivity (Wildman–Crippen MR) is 88.3 cm³/mol. The van der Waals surface area contributed by atoms with Crippen molar-refractivity contribution in [2.75, 3.05) is 26.4 Å². The van der Waals surface area contributed by atoms with Crippen LogP contribution in [0.2, 0.25) is 0 Å². The highest BCUT2D eigenvalue weighted by atomic mass is 16.7. The minimum absolute atomic E-state index is 0.100. The molecule has 0 amide bonds. The normalized spacial score (nSPS) is 30.2. The molecule has 0 spiro atoms. The summed E-state index contributed by atoms with van der Waals surface area (Å²) in [6, 6.07) is 0. The molecule has 6 nitrogen and oxygen atoms in total. The fourth-order valence-corrected chi connectivity index (χ4v) is 3.14. The Labute approximate surface area is 144 Å². The number of hydrogen-bond donors (Lipinski definition) is 1. The van der Waals surface area contributed by atoms with E-state index in [-0.39, 0.29) is 12.5 Å². The highest BCUT2D eigenvalue weighted by Crippen LogP contribution is 2.38. The first-order chi connectivity index (χ1) is 11.4. The summed E-state index contributed by atoms with van der Waals surface area (Å²) >= 11 is 0. The lowest BCUT2D eigenvalue weighted by atomic mass is 9.78. The van der Waals surface area contributed by atoms with Gasteiger partial charge in [0.25, 0.3) is 0 Å². The third-order valence-electron chi connectivity index (χ3n) is 4.73. The van der Waals surface area contributed by atoms with Gasteiger partial charge >= 0.3 is 5.97 Å². The van der Waals surface area contributed by atoms with Crippen molar-refractivity contribution in [3.63, 3.8) is 0 Å². The second-order valence-electron chi connectivity index (χ2n) is 7.01. The van der Waals surface area contributed by atoms with Crippen molar-refractivity contribution in [3.8, 4) is 0 Å². The van der Waals surface area contributed by atoms with E-state index in [0.29, 0.717) is 18.6 Å². The van der Waals surface area contributed by atoms with E-state index in [1.165, 1.54) is 0 Å². The summed E-state index contributed by atoms with van der Waals surface area (Å²) in [5.74, 6) is -0.909. The van der Waals surface area contributed by atoms with Crippen LogP contribution in [0.5, 0.6) is 0 Å². The van der Waals surface area contributed by atoms with Gasteiger partial charge in [0.05, 0.1) is 25.9 Å². The number of aliphatic hydroxyl groups excluding tert-OH is 1. The average Bonchev–Trinajstić information content (AvgIpc) is 3.38. The molecule has 2 fully saturated rings. The molecule has 24 heavy (non-hydrogen) atoms. The lowest BCUT2D eigenvalue weighted by Crippen LogP contribution is -2.45. The van der Waals surface area contributed by atoms with Crippen LogP contribution in [0.25, 0.3) is 0 Å². The molecule has 3 atom stereocenters. The highest BCUT2D eigenvalue weighted by Gasteiger charge is 2.41. The zero-order chi connectivity index (χ0) is 17.6. The Balaban J connectivity index is 1.82. The summed E-state index contributed by atoms with van der Waals surface area (Å²) in [6.45, 7) is 9.26. The number of rotatable bonds is 10. The summed E-state index contributed by atoms with van der Waals surface area (Å²) in [7, 11) is 0. The van der Waals surface area contributed by atoms with Gasteiger partial charge in [-0.1, -0.05) is 6.58 Å². The maximum atomic E-state index is 11.7. The van der Waals surface area contributed by atoms with Crippen molar-refractivity contribution in [2.45, 2.75) is 57.5 Å². The van der Waals surface area contributed by atoms with Crippen molar-refractivity contribution >= 4 is 5.97 Å². The van der Waals surface area contributed by atoms with Crippen molar-refractivity contribution in [3.05, 3.63) is 12.7 Å². The Morgan fingerprint density at radius 3 is 2.58 bits per heavy atom. The maximum Gasteiger partial charge on any atom is 0.332 e. The molecule has 1 heterocycles. The van der Waals surface area contributed by atoms with E-state index in [1.54, 1.807) is 13.8 Å². The zero-order valence-corrected chi connectivity index (χ0v) is 14.7. The van der Waals surface area contributed by atoms with Gasteiger partial charge in [-0.3, -0.25) is 0 Å². The van der Waals surface area contributed by atoms with Crippen LogP contribution in [0.1, 0.15) is 39.5 Å². The molecule has 1 aliphatic heterocycles. The smallest absolute Gasteiger partial charge is 0.332 e. The molecule has 2 rings (SSSR count). The van der Waals surface area contributed by atoms with Crippen LogP contribution in [0.4, 0.5) is 0 Å². The molecular formula is C18H30O6. The topological polar surface area (TPSA) is 77.5 Å². The van der Waals surface area contributed by atoms with Crippen molar-refractivity contribution in [2.24, 2.45) is 11.8 Å². The molecule has 1 saturated carbocycles. The third-order valence-corrected chi connectivity index (χ3v) is 4.73. The van der Waals surface area contributed by atoms with Crippen molar-refractivity contribution < 1.29 is 28.8 Å². The summed E-state index contributed by atoms with van der Waals surface area (Å²) in [5, 5.41) is 9.48. The van der Waals surface area contributed by atoms with Gasteiger partial charge in [-0.2, -0.15) is 0 Å². The molecule has 1 saturated heterocycles. The molecule has 1 N–H and O–H groups in total. The van der Waals surface area contributed by atoms with Gasteiger partial charge in [0.2, 0.25) is 5.79 Å². The fourth-order valence-electron chi connectivity index (χ4n) is 3.14. The van der Waals surface area contributed by atoms with E-state index in [4.69, 9.17) is 18.9 Å². The molecule has 0 aromatic rings. The Hall–Kier alpha value is -0.950. The number of hydrogen-bond acceptors (Lipinski definition) is 6. The molecule has 0 aromatic carbocycles. The molecule has 0 radical (unpaired) electrons. The lowest BCUT2D eigenvalue weighted by Gasteiger charge is -2.40. The zero-order valence-electron chi connectivity index (χ0n) is 14.7. The number of carbonyl (C=O) groups excluding carboxylic acids is 1. The van der Waals surface area contributed by atoms with E-state index in [0.717, 1.165) is 45.0 Å². The van der Waals surface area contributed by atoms with Gasteiger partial charge in [0, 0.05) is 25.5 Å². The van der Waals surface area contributed by atoms with Crippen LogP contribution in [0.15, 0.2) is 12.7 Å². The Morgan fingerprint density at radius 2 is 2.04 bits per heavy atom. The summed E-state index contributed by atoms with van der Waals surface area (Å²) in [4.78, 5) is 11.7. The van der Waals surface area contributed by atoms with Crippen molar-refractivity contribution in [1.29, 1.82) is 0 Å². The van der Waals surface area contributed by atoms with Crippen LogP contribution >= 0.6 is 0 Å². The average molecular weight is 342 g/mol. The minimum Gasteiger partial charge on any atom is -0.430 e. The van der Waals surface area contributed by atoms with E-state index >= 15 is 0 Å². The summed E-state index contributed by atoms with van der Waals surface area (Å²) < 4.78 is 22.1. The van der Waals surface area contributed by atoms with E-state index in [2.05, 4.69) is 6.58 Å². The summed E-state index contributed by atoms with van der Waals surface area (Å²) in [6.07, 6.45) is 4.65. The van der Waals surface area contributed by atoms with Gasteiger partial charge < -0.3 is 24.1 Å². The number of carbonyl (C=O) groups is 1. The SMILES string of the molecule is C=CC(=O)OC(C)(OCC(C)O)C1CCC(COCC2CO2)CC1. The van der Waals surface area contributed by atoms with Gasteiger partial charge in [-0.05, 0) is 38.5 Å². The standard InChI is InChI=1S/C18H30O6/c1-4-17(20)24-18(3,23-9-13(2)19)15-7-5-14(6-8-15)10-21-11-16-12-22-16/h4,13-16,19H,1,5-12H2,2-3H3. The van der Waals surface area contributed by atoms with Crippen LogP contribution < -0.4 is 0 Å². The first-order valence-electron chi connectivity index (χ1n) is 8.79. The van der Waals surface area contributed by atoms with Gasteiger partial charge in [0.1, 0.15) is 6.10 Å². The Bertz CT molecular complexity index is 412. The number of ether oxygens (including phenoxy) is 4. The van der Waals surface area contributed by atoms with Crippen LogP contribution in [0, 0.1) is 11.8 Å². The van der Waals surface area contributed by atoms with E-state index < -0.39 is 17.9 Å². The van der Waals surface area contributed by atoms with Crippen LogP contribution in [-0.4, -0.2) is 55.5 Å². The molecule has 0 bridgehead atoms. The Morgan fingerprint density at radius 1 is 1.38 bits per heavy atom. The number of esters is 1. The molecule has 1 aliphatic carbocycles. The molecule has 3 unspecified atom stereocenters. The monoisotopic (exact) mass is 342 g/mol. The second-order valence-corrected chi connectivity index (χ2v) is 7.01. The van der Waals surface area contributed by atoms with E-state index in [9.17, 15) is 9.90 Å². The molecule has 0 aromatic heterocycles. The fraction of sp³-hybridized carbons (Fsp3) is 0.833. The van der Waals surface area contributed by atoms with Gasteiger partial charge in [-0.15, -0.1) is 0 Å². The minimum atomic E-state index is -1.03. The lowest BCUT2D eigenvalue weighted by molar-refractivity contribution is -0.255. The number of epoxide rings is 1. The predicted octanol–water partition coefficient (Wildman–Crippen LogP) is 2.05. The number of aliphatic hydroxyl groups is 1. The largest absolute Gasteiger partial charge is 0.430 e. The van der Waals surface area contributed by atoms with Crippen LogP contribution in [0.3, 0.4) is 0 Å². The first-order valence-corrected chi connectivity index (χ1v) is 8.79. The second kappa shape index (κ2) is 8.94. The van der Waals surface area contributed by atoms with E-state index in [1.807, 2.05) is 0 Å². The van der Waals surface area contributed by atoms with Gasteiger partial charge in [-0.25, -0.2) is 4.79 Å². The van der Waals surface area contributed by atoms with Crippen molar-refractivity contribution in [1.82, 2.24) is 0 Å². The maximum absolute atomic E-state index is 11.7. The first kappa shape index (κ1) is 19.4. The molecule has 2 aliphatic rings.